The lowest BCUT2D eigenvalue weighted by Crippen LogP contribution is -2.27. The van der Waals surface area contributed by atoms with Gasteiger partial charge in [0.2, 0.25) is 10.0 Å². The molecule has 0 aliphatic heterocycles. The van der Waals surface area contributed by atoms with E-state index in [2.05, 4.69) is 63.4 Å². The van der Waals surface area contributed by atoms with Gasteiger partial charge < -0.3 is 0 Å². The van der Waals surface area contributed by atoms with Gasteiger partial charge in [0.25, 0.3) is 0 Å². The number of sulfonamides is 1. The zero-order chi connectivity index (χ0) is 22.8. The number of nitrogens with zero attached hydrogens (tertiary/aromatic N) is 1. The lowest BCUT2D eigenvalue weighted by atomic mass is 9.89. The molecule has 166 valence electrons. The van der Waals surface area contributed by atoms with Gasteiger partial charge in [-0.25, -0.2) is 13.1 Å². The average Bonchev–Trinajstić information content (AvgIpc) is 3.26. The number of aromatic nitrogens is 1. The molecular formula is C25H32N2O2S2. The summed E-state index contributed by atoms with van der Waals surface area (Å²) in [5.74, 6) is 0.536. The highest BCUT2D eigenvalue weighted by molar-refractivity contribution is 7.89. The molecule has 2 aromatic heterocycles. The lowest BCUT2D eigenvalue weighted by Gasteiger charge is -2.23. The number of pyridine rings is 1. The Morgan fingerprint density at radius 1 is 0.968 bits per heavy atom. The van der Waals surface area contributed by atoms with Crippen LogP contribution in [0, 0.1) is 0 Å². The Bertz CT molecular complexity index is 1100. The third-order valence-electron chi connectivity index (χ3n) is 5.49. The van der Waals surface area contributed by atoms with Crippen molar-refractivity contribution in [2.75, 3.05) is 0 Å². The zero-order valence-corrected chi connectivity index (χ0v) is 20.8. The van der Waals surface area contributed by atoms with E-state index in [1.54, 1.807) is 17.5 Å². The number of rotatable bonds is 8. The number of hydrogen-bond donors (Lipinski definition) is 1. The Labute approximate surface area is 190 Å². The Hall–Kier alpha value is -2.02. The Kier molecular flexibility index (Phi) is 7.35. The predicted molar refractivity (Wildman–Crippen MR) is 130 cm³/mol. The van der Waals surface area contributed by atoms with Crippen molar-refractivity contribution < 1.29 is 8.42 Å². The molecule has 0 amide bonds. The van der Waals surface area contributed by atoms with E-state index in [0.717, 1.165) is 27.9 Å². The maximum absolute atomic E-state index is 13.6. The maximum atomic E-state index is 13.6. The van der Waals surface area contributed by atoms with Gasteiger partial charge in [0.05, 0.1) is 10.6 Å². The summed E-state index contributed by atoms with van der Waals surface area (Å²) < 4.78 is 30.1. The molecule has 1 aromatic carbocycles. The van der Waals surface area contributed by atoms with Gasteiger partial charge in [-0.05, 0) is 57.5 Å². The lowest BCUT2D eigenvalue weighted by molar-refractivity contribution is 0.575. The zero-order valence-electron chi connectivity index (χ0n) is 19.1. The van der Waals surface area contributed by atoms with Crippen LogP contribution < -0.4 is 4.72 Å². The second kappa shape index (κ2) is 9.63. The summed E-state index contributed by atoms with van der Waals surface area (Å²) >= 11 is 1.60. The summed E-state index contributed by atoms with van der Waals surface area (Å²) in [5.41, 5.74) is 5.62. The fraction of sp³-hybridized carbons (Fsp3) is 0.400. The van der Waals surface area contributed by atoms with Crippen molar-refractivity contribution in [2.24, 2.45) is 0 Å². The van der Waals surface area contributed by atoms with Crippen LogP contribution in [0.5, 0.6) is 0 Å². The molecule has 6 heteroatoms. The van der Waals surface area contributed by atoms with Gasteiger partial charge in [-0.3, -0.25) is 4.98 Å². The van der Waals surface area contributed by atoms with Crippen molar-refractivity contribution in [1.29, 1.82) is 0 Å². The molecule has 0 radical (unpaired) electrons. The summed E-state index contributed by atoms with van der Waals surface area (Å²) in [5, 5.41) is 4.02. The van der Waals surface area contributed by atoms with Gasteiger partial charge in [-0.1, -0.05) is 59.7 Å². The van der Waals surface area contributed by atoms with Gasteiger partial charge in [0.15, 0.2) is 0 Å². The van der Waals surface area contributed by atoms with Crippen LogP contribution in [0.2, 0.25) is 0 Å². The Morgan fingerprint density at radius 2 is 1.61 bits per heavy atom. The number of thiophene rings is 1. The molecule has 0 atom stereocenters. The summed E-state index contributed by atoms with van der Waals surface area (Å²) in [6, 6.07) is 9.91. The number of benzene rings is 1. The quantitative estimate of drug-likeness (QED) is 0.412. The first-order valence-corrected chi connectivity index (χ1v) is 13.2. The minimum absolute atomic E-state index is 0.0996. The van der Waals surface area contributed by atoms with E-state index in [9.17, 15) is 8.42 Å². The molecule has 0 saturated carbocycles. The third kappa shape index (κ3) is 5.25. The largest absolute Gasteiger partial charge is 0.256 e. The molecule has 2 heterocycles. The van der Waals surface area contributed by atoms with Gasteiger partial charge in [-0.2, -0.15) is 11.3 Å². The molecule has 0 spiro atoms. The molecule has 0 aliphatic carbocycles. The van der Waals surface area contributed by atoms with Crippen molar-refractivity contribution in [3.05, 3.63) is 69.5 Å². The molecule has 4 nitrogen and oxygen atoms in total. The normalized spacial score (nSPS) is 12.3. The summed E-state index contributed by atoms with van der Waals surface area (Å²) in [6.07, 6.45) is 1.74. The van der Waals surface area contributed by atoms with Crippen LogP contribution in [-0.2, 0) is 16.6 Å². The first kappa shape index (κ1) is 23.6. The highest BCUT2D eigenvalue weighted by atomic mass is 32.2. The first-order chi connectivity index (χ1) is 14.6. The standard InChI is InChI=1S/C25H32N2O2S2/c1-16(2)21-12-22(17(3)4)25(23(13-21)18(5)6)31(28,29)27-14-19-8-7-10-26-24(19)20-9-11-30-15-20/h7-13,15-18,27H,14H2,1-6H3. The fourth-order valence-electron chi connectivity index (χ4n) is 3.69. The van der Waals surface area contributed by atoms with Crippen molar-refractivity contribution >= 4 is 21.4 Å². The van der Waals surface area contributed by atoms with Crippen molar-refractivity contribution in [1.82, 2.24) is 9.71 Å². The first-order valence-electron chi connectivity index (χ1n) is 10.8. The second-order valence-electron chi connectivity index (χ2n) is 8.84. The van der Waals surface area contributed by atoms with E-state index in [1.165, 1.54) is 5.56 Å². The third-order valence-corrected chi connectivity index (χ3v) is 7.70. The number of nitrogens with one attached hydrogen (secondary N) is 1. The van der Waals surface area contributed by atoms with Gasteiger partial charge in [0, 0.05) is 23.7 Å². The summed E-state index contributed by atoms with van der Waals surface area (Å²) in [6.45, 7) is 12.7. The van der Waals surface area contributed by atoms with Crippen molar-refractivity contribution in [2.45, 2.75) is 70.7 Å². The molecule has 3 aromatic rings. The molecule has 31 heavy (non-hydrogen) atoms. The van der Waals surface area contributed by atoms with Gasteiger partial charge in [0.1, 0.15) is 0 Å². The van der Waals surface area contributed by atoms with Crippen LogP contribution >= 0.6 is 11.3 Å². The van der Waals surface area contributed by atoms with Crippen molar-refractivity contribution in [3.63, 3.8) is 0 Å². The maximum Gasteiger partial charge on any atom is 0.241 e. The molecule has 0 aliphatic rings. The SMILES string of the molecule is CC(C)c1cc(C(C)C)c(S(=O)(=O)NCc2cccnc2-c2ccsc2)c(C(C)C)c1. The van der Waals surface area contributed by atoms with Crippen LogP contribution in [0.25, 0.3) is 11.3 Å². The molecule has 0 bridgehead atoms. The van der Waals surface area contributed by atoms with Crippen LogP contribution in [0.3, 0.4) is 0 Å². The smallest absolute Gasteiger partial charge is 0.241 e. The Morgan fingerprint density at radius 3 is 2.13 bits per heavy atom. The van der Waals surface area contributed by atoms with E-state index in [1.807, 2.05) is 29.0 Å². The van der Waals surface area contributed by atoms with E-state index in [-0.39, 0.29) is 18.4 Å². The molecule has 1 N–H and O–H groups in total. The van der Waals surface area contributed by atoms with Gasteiger partial charge in [-0.15, -0.1) is 0 Å². The molecule has 0 unspecified atom stereocenters. The average molecular weight is 457 g/mol. The van der Waals surface area contributed by atoms with Crippen LogP contribution in [0.1, 0.15) is 81.5 Å². The minimum atomic E-state index is -3.71. The van der Waals surface area contributed by atoms with E-state index >= 15 is 0 Å². The number of hydrogen-bond acceptors (Lipinski definition) is 4. The van der Waals surface area contributed by atoms with Crippen molar-refractivity contribution in [3.8, 4) is 11.3 Å². The fourth-order valence-corrected chi connectivity index (χ4v) is 6.03. The topological polar surface area (TPSA) is 59.1 Å². The van der Waals surface area contributed by atoms with Crippen LogP contribution in [-0.4, -0.2) is 13.4 Å². The van der Waals surface area contributed by atoms with E-state index < -0.39 is 10.0 Å². The molecular weight excluding hydrogens is 424 g/mol. The Balaban J connectivity index is 2.03. The van der Waals surface area contributed by atoms with Crippen LogP contribution in [0.15, 0.2) is 52.2 Å². The predicted octanol–water partition coefficient (Wildman–Crippen LogP) is 6.66. The van der Waals surface area contributed by atoms with E-state index in [0.29, 0.717) is 10.8 Å². The minimum Gasteiger partial charge on any atom is -0.256 e. The molecule has 0 fully saturated rings. The summed E-state index contributed by atoms with van der Waals surface area (Å²) in [4.78, 5) is 4.92. The summed E-state index contributed by atoms with van der Waals surface area (Å²) in [7, 11) is -3.71. The highest BCUT2D eigenvalue weighted by Crippen LogP contribution is 2.35. The molecule has 3 rings (SSSR count). The second-order valence-corrected chi connectivity index (χ2v) is 11.3. The molecule has 0 saturated heterocycles. The highest BCUT2D eigenvalue weighted by Gasteiger charge is 2.27. The monoisotopic (exact) mass is 456 g/mol. The van der Waals surface area contributed by atoms with E-state index in [4.69, 9.17) is 0 Å². The van der Waals surface area contributed by atoms with Crippen LogP contribution in [0.4, 0.5) is 0 Å². The van der Waals surface area contributed by atoms with Gasteiger partial charge >= 0.3 is 0 Å².